The van der Waals surface area contributed by atoms with Crippen LogP contribution in [-0.2, 0) is 11.3 Å². The summed E-state index contributed by atoms with van der Waals surface area (Å²) in [6.45, 7) is 5.52. The van der Waals surface area contributed by atoms with Crippen LogP contribution < -0.4 is 5.56 Å². The molecule has 2 aromatic carbocycles. The maximum Gasteiger partial charge on any atom is 0.265 e. The summed E-state index contributed by atoms with van der Waals surface area (Å²) in [6, 6.07) is 25.4. The fourth-order valence-electron chi connectivity index (χ4n) is 7.74. The number of carbonyl (C=O) groups excluding carboxylic acids is 2. The molecule has 2 aliphatic heterocycles. The Morgan fingerprint density at radius 3 is 2.36 bits per heavy atom. The number of rotatable bonds is 7. The molecule has 53 heavy (non-hydrogen) atoms. The molecule has 0 aliphatic carbocycles. The summed E-state index contributed by atoms with van der Waals surface area (Å²) in [5, 5.41) is 12.9. The van der Waals surface area contributed by atoms with E-state index in [0.717, 1.165) is 27.5 Å². The topological polar surface area (TPSA) is 126 Å². The van der Waals surface area contributed by atoms with Crippen LogP contribution in [0.2, 0.25) is 0 Å². The molecule has 2 aliphatic rings. The Hall–Kier alpha value is -5.46. The molecule has 2 saturated heterocycles. The van der Waals surface area contributed by atoms with Crippen molar-refractivity contribution in [2.75, 3.05) is 26.2 Å². The second-order valence-corrected chi connectivity index (χ2v) is 15.3. The molecule has 2 amide bonds. The van der Waals surface area contributed by atoms with Gasteiger partial charge in [-0.2, -0.15) is 0 Å². The van der Waals surface area contributed by atoms with E-state index in [-0.39, 0.29) is 35.8 Å². The summed E-state index contributed by atoms with van der Waals surface area (Å²) in [4.78, 5) is 59.8. The van der Waals surface area contributed by atoms with Gasteiger partial charge in [-0.25, -0.2) is 9.97 Å². The van der Waals surface area contributed by atoms with Gasteiger partial charge < -0.3 is 19.5 Å². The van der Waals surface area contributed by atoms with Crippen molar-refractivity contribution in [1.29, 1.82) is 0 Å². The van der Waals surface area contributed by atoms with Gasteiger partial charge in [0.05, 0.1) is 23.2 Å². The lowest BCUT2D eigenvalue weighted by atomic mass is 9.79. The number of aliphatic hydroxyl groups is 1. The molecule has 270 valence electrons. The van der Waals surface area contributed by atoms with Crippen LogP contribution in [0.4, 0.5) is 0 Å². The number of fused-ring (bicyclic) bond motifs is 1. The average molecular weight is 728 g/mol. The molecule has 2 fully saturated rings. The Balaban J connectivity index is 0.954. The van der Waals surface area contributed by atoms with Crippen LogP contribution in [0.15, 0.2) is 102 Å². The standard InChI is InChI=1S/C41H41N7O4S/c1-27-13-14-30(23-42-27)37-44-28(2)35(53-37)40(51)46-19-15-32(34(24-46)29-9-5-3-6-10-29)38(49)45-21-17-41(52,18-22-45)25-47-26-43-36-33(39(47)50)16-20-48(36)31-11-7-4-8-12-31/h3-14,16,20,23,26,32,34,52H,15,17-19,21-22,24-25H2,1-2H3/t32-,34+/m1/s1. The van der Waals surface area contributed by atoms with Crippen molar-refractivity contribution in [2.24, 2.45) is 5.92 Å². The molecular formula is C41H41N7O4S. The zero-order valence-electron chi connectivity index (χ0n) is 29.8. The first-order valence-corrected chi connectivity index (χ1v) is 18.9. The molecule has 0 bridgehead atoms. The number of para-hydroxylation sites is 1. The van der Waals surface area contributed by atoms with E-state index in [2.05, 4.69) is 9.97 Å². The van der Waals surface area contributed by atoms with Gasteiger partial charge >= 0.3 is 0 Å². The first kappa shape index (κ1) is 34.6. The molecule has 0 spiro atoms. The highest BCUT2D eigenvalue weighted by atomic mass is 32.1. The van der Waals surface area contributed by atoms with E-state index in [1.54, 1.807) is 12.3 Å². The minimum Gasteiger partial charge on any atom is -0.388 e. The summed E-state index contributed by atoms with van der Waals surface area (Å²) in [5.74, 6) is -0.526. The molecule has 0 radical (unpaired) electrons. The lowest BCUT2D eigenvalue weighted by Gasteiger charge is -2.43. The number of aromatic nitrogens is 5. The fraction of sp³-hybridized carbons (Fsp3) is 0.317. The van der Waals surface area contributed by atoms with Gasteiger partial charge in [-0.3, -0.25) is 23.9 Å². The smallest absolute Gasteiger partial charge is 0.265 e. The normalized spacial score (nSPS) is 18.7. The third kappa shape index (κ3) is 6.80. The number of thiazole rings is 1. The minimum absolute atomic E-state index is 0.0404. The van der Waals surface area contributed by atoms with Gasteiger partial charge in [-0.05, 0) is 69.0 Å². The van der Waals surface area contributed by atoms with E-state index in [1.165, 1.54) is 22.2 Å². The molecule has 1 N–H and O–H groups in total. The van der Waals surface area contributed by atoms with E-state index >= 15 is 0 Å². The van der Waals surface area contributed by atoms with Crippen LogP contribution in [-0.4, -0.2) is 82.6 Å². The van der Waals surface area contributed by atoms with Crippen LogP contribution in [0.1, 0.15) is 51.8 Å². The average Bonchev–Trinajstić information content (AvgIpc) is 3.80. The largest absolute Gasteiger partial charge is 0.388 e. The number of aryl methyl sites for hydroxylation is 2. The Bertz CT molecular complexity index is 2330. The summed E-state index contributed by atoms with van der Waals surface area (Å²) in [5.41, 5.74) is 3.62. The van der Waals surface area contributed by atoms with Crippen molar-refractivity contribution in [3.05, 3.63) is 130 Å². The van der Waals surface area contributed by atoms with E-state index in [1.807, 2.05) is 107 Å². The zero-order chi connectivity index (χ0) is 36.7. The van der Waals surface area contributed by atoms with Crippen molar-refractivity contribution in [2.45, 2.75) is 51.2 Å². The monoisotopic (exact) mass is 727 g/mol. The highest BCUT2D eigenvalue weighted by Crippen LogP contribution is 2.37. The maximum absolute atomic E-state index is 14.3. The minimum atomic E-state index is -1.16. The van der Waals surface area contributed by atoms with E-state index in [0.29, 0.717) is 67.0 Å². The second kappa shape index (κ2) is 14.2. The van der Waals surface area contributed by atoms with Crippen molar-refractivity contribution in [3.63, 3.8) is 0 Å². The molecule has 0 saturated carbocycles. The van der Waals surface area contributed by atoms with Gasteiger partial charge in [-0.15, -0.1) is 11.3 Å². The highest BCUT2D eigenvalue weighted by molar-refractivity contribution is 7.17. The van der Waals surface area contributed by atoms with Gasteiger partial charge in [0.2, 0.25) is 5.91 Å². The van der Waals surface area contributed by atoms with Gasteiger partial charge in [0.25, 0.3) is 11.5 Å². The second-order valence-electron chi connectivity index (χ2n) is 14.3. The Kier molecular flexibility index (Phi) is 9.25. The number of nitrogens with zero attached hydrogens (tertiary/aromatic N) is 7. The van der Waals surface area contributed by atoms with Crippen LogP contribution in [0, 0.1) is 19.8 Å². The Morgan fingerprint density at radius 2 is 1.64 bits per heavy atom. The van der Waals surface area contributed by atoms with Crippen molar-refractivity contribution >= 4 is 34.2 Å². The molecule has 4 aromatic heterocycles. The maximum atomic E-state index is 14.3. The molecule has 12 heteroatoms. The van der Waals surface area contributed by atoms with E-state index < -0.39 is 5.60 Å². The molecule has 6 heterocycles. The molecular weight excluding hydrogens is 687 g/mol. The lowest BCUT2D eigenvalue weighted by molar-refractivity contribution is -0.142. The number of pyridine rings is 1. The summed E-state index contributed by atoms with van der Waals surface area (Å²) in [7, 11) is 0. The van der Waals surface area contributed by atoms with E-state index in [4.69, 9.17) is 4.98 Å². The number of hydrogen-bond donors (Lipinski definition) is 1. The predicted molar refractivity (Wildman–Crippen MR) is 204 cm³/mol. The number of carbonyl (C=O) groups is 2. The molecule has 2 atom stereocenters. The summed E-state index contributed by atoms with van der Waals surface area (Å²) >= 11 is 1.38. The molecule has 8 rings (SSSR count). The predicted octanol–water partition coefficient (Wildman–Crippen LogP) is 5.62. The fourth-order valence-corrected chi connectivity index (χ4v) is 8.77. The quantitative estimate of drug-likeness (QED) is 0.226. The third-order valence-electron chi connectivity index (χ3n) is 10.8. The summed E-state index contributed by atoms with van der Waals surface area (Å²) in [6.07, 6.45) is 6.33. The number of piperidine rings is 2. The molecule has 0 unspecified atom stereocenters. The van der Waals surface area contributed by atoms with Gasteiger partial charge in [0.15, 0.2) is 5.65 Å². The van der Waals surface area contributed by atoms with Crippen LogP contribution in [0.5, 0.6) is 0 Å². The third-order valence-corrected chi connectivity index (χ3v) is 12.0. The van der Waals surface area contributed by atoms with Crippen molar-refractivity contribution in [3.8, 4) is 16.3 Å². The van der Waals surface area contributed by atoms with Crippen molar-refractivity contribution in [1.82, 2.24) is 33.9 Å². The first-order valence-electron chi connectivity index (χ1n) is 18.1. The van der Waals surface area contributed by atoms with Gasteiger partial charge in [0, 0.05) is 67.4 Å². The highest BCUT2D eigenvalue weighted by Gasteiger charge is 2.42. The Morgan fingerprint density at radius 1 is 0.906 bits per heavy atom. The number of hydrogen-bond acceptors (Lipinski definition) is 8. The molecule has 11 nitrogen and oxygen atoms in total. The van der Waals surface area contributed by atoms with Crippen LogP contribution >= 0.6 is 11.3 Å². The van der Waals surface area contributed by atoms with Crippen molar-refractivity contribution < 1.29 is 14.7 Å². The summed E-state index contributed by atoms with van der Waals surface area (Å²) < 4.78 is 3.36. The van der Waals surface area contributed by atoms with E-state index in [9.17, 15) is 19.5 Å². The van der Waals surface area contributed by atoms with Crippen LogP contribution in [0.25, 0.3) is 27.3 Å². The first-order chi connectivity index (χ1) is 25.7. The van der Waals surface area contributed by atoms with Gasteiger partial charge in [-0.1, -0.05) is 48.5 Å². The zero-order valence-corrected chi connectivity index (χ0v) is 30.6. The Labute approximate surface area is 311 Å². The van der Waals surface area contributed by atoms with Gasteiger partial charge in [0.1, 0.15) is 16.2 Å². The SMILES string of the molecule is Cc1ccc(-c2nc(C)c(C(=O)N3CC[C@@H](C(=O)N4CCC(O)(Cn5cnc6c(ccn6-c6ccccc6)c5=O)CC4)[C@H](c4ccccc4)C3)s2)cn1. The molecule has 6 aromatic rings. The lowest BCUT2D eigenvalue weighted by Crippen LogP contribution is -2.53. The van der Waals surface area contributed by atoms with Crippen LogP contribution in [0.3, 0.4) is 0 Å². The number of likely N-dealkylation sites (tertiary alicyclic amines) is 2. The number of amides is 2. The number of benzene rings is 2.